The molecule has 5 nitrogen and oxygen atoms in total. The third-order valence-corrected chi connectivity index (χ3v) is 4.69. The van der Waals surface area contributed by atoms with E-state index in [4.69, 9.17) is 11.6 Å². The molecule has 1 saturated heterocycles. The molecule has 136 valence electrons. The van der Waals surface area contributed by atoms with Gasteiger partial charge in [0.1, 0.15) is 0 Å². The number of amides is 2. The SMILES string of the molecule is C[C@H](NCC(=O)Nc1ccc(N2CCCC2=O)cc1)c1cccc(Cl)c1. The van der Waals surface area contributed by atoms with Crippen molar-refractivity contribution >= 4 is 34.8 Å². The summed E-state index contributed by atoms with van der Waals surface area (Å²) in [4.78, 5) is 25.7. The Morgan fingerprint density at radius 1 is 1.23 bits per heavy atom. The lowest BCUT2D eigenvalue weighted by molar-refractivity contribution is -0.117. The molecule has 6 heteroatoms. The monoisotopic (exact) mass is 371 g/mol. The Labute approximate surface area is 158 Å². The molecule has 0 spiro atoms. The Kier molecular flexibility index (Phi) is 5.91. The maximum absolute atomic E-state index is 12.1. The highest BCUT2D eigenvalue weighted by atomic mass is 35.5. The van der Waals surface area contributed by atoms with E-state index >= 15 is 0 Å². The number of benzene rings is 2. The topological polar surface area (TPSA) is 61.4 Å². The Morgan fingerprint density at radius 3 is 2.65 bits per heavy atom. The van der Waals surface area contributed by atoms with Crippen LogP contribution in [0.3, 0.4) is 0 Å². The molecule has 0 unspecified atom stereocenters. The van der Waals surface area contributed by atoms with Crippen LogP contribution >= 0.6 is 11.6 Å². The first kappa shape index (κ1) is 18.4. The molecular formula is C20H22ClN3O2. The molecule has 1 aliphatic heterocycles. The Balaban J connectivity index is 1.51. The molecule has 2 N–H and O–H groups in total. The average Bonchev–Trinajstić information content (AvgIpc) is 3.06. The summed E-state index contributed by atoms with van der Waals surface area (Å²) in [5.74, 6) is 0.0323. The molecule has 2 aromatic carbocycles. The molecule has 2 aromatic rings. The lowest BCUT2D eigenvalue weighted by Crippen LogP contribution is -2.30. The third kappa shape index (κ3) is 4.62. The van der Waals surface area contributed by atoms with E-state index in [1.807, 2.05) is 55.5 Å². The Morgan fingerprint density at radius 2 is 2.00 bits per heavy atom. The smallest absolute Gasteiger partial charge is 0.238 e. The zero-order chi connectivity index (χ0) is 18.5. The van der Waals surface area contributed by atoms with Crippen LogP contribution in [0.1, 0.15) is 31.4 Å². The quantitative estimate of drug-likeness (QED) is 0.812. The van der Waals surface area contributed by atoms with Crippen molar-refractivity contribution in [2.75, 3.05) is 23.3 Å². The lowest BCUT2D eigenvalue weighted by atomic mass is 10.1. The van der Waals surface area contributed by atoms with Crippen molar-refractivity contribution in [1.29, 1.82) is 0 Å². The van der Waals surface area contributed by atoms with Gasteiger partial charge < -0.3 is 15.5 Å². The second-order valence-corrected chi connectivity index (χ2v) is 6.84. The Bertz CT molecular complexity index is 792. The molecule has 0 bridgehead atoms. The minimum Gasteiger partial charge on any atom is -0.325 e. The van der Waals surface area contributed by atoms with Gasteiger partial charge in [-0.3, -0.25) is 9.59 Å². The summed E-state index contributed by atoms with van der Waals surface area (Å²) in [5, 5.41) is 6.72. The third-order valence-electron chi connectivity index (χ3n) is 4.45. The number of nitrogens with zero attached hydrogens (tertiary/aromatic N) is 1. The molecule has 2 amide bonds. The summed E-state index contributed by atoms with van der Waals surface area (Å²) in [6.07, 6.45) is 1.50. The van der Waals surface area contributed by atoms with Crippen molar-refractivity contribution < 1.29 is 9.59 Å². The highest BCUT2D eigenvalue weighted by molar-refractivity contribution is 6.30. The molecule has 0 saturated carbocycles. The highest BCUT2D eigenvalue weighted by Gasteiger charge is 2.21. The highest BCUT2D eigenvalue weighted by Crippen LogP contribution is 2.23. The van der Waals surface area contributed by atoms with Crippen molar-refractivity contribution in [3.8, 4) is 0 Å². The van der Waals surface area contributed by atoms with Gasteiger partial charge in [0.05, 0.1) is 6.54 Å². The number of carbonyl (C=O) groups is 2. The summed E-state index contributed by atoms with van der Waals surface area (Å²) in [7, 11) is 0. The van der Waals surface area contributed by atoms with Crippen molar-refractivity contribution in [3.63, 3.8) is 0 Å². The summed E-state index contributed by atoms with van der Waals surface area (Å²) in [6.45, 7) is 2.94. The first-order chi connectivity index (χ1) is 12.5. The van der Waals surface area contributed by atoms with E-state index in [-0.39, 0.29) is 24.4 Å². The predicted octanol–water partition coefficient (Wildman–Crippen LogP) is 3.76. The lowest BCUT2D eigenvalue weighted by Gasteiger charge is -2.16. The van der Waals surface area contributed by atoms with Crippen LogP contribution in [0.15, 0.2) is 48.5 Å². The van der Waals surface area contributed by atoms with E-state index in [2.05, 4.69) is 10.6 Å². The number of anilines is 2. The number of hydrogen-bond acceptors (Lipinski definition) is 3. The molecule has 1 heterocycles. The number of nitrogens with one attached hydrogen (secondary N) is 2. The van der Waals surface area contributed by atoms with Crippen LogP contribution in [-0.4, -0.2) is 24.9 Å². The minimum absolute atomic E-state index is 0.0167. The van der Waals surface area contributed by atoms with Crippen molar-refractivity contribution in [1.82, 2.24) is 5.32 Å². The molecule has 0 radical (unpaired) electrons. The summed E-state index contributed by atoms with van der Waals surface area (Å²) in [5.41, 5.74) is 2.62. The van der Waals surface area contributed by atoms with E-state index in [1.165, 1.54) is 0 Å². The van der Waals surface area contributed by atoms with Gasteiger partial charge >= 0.3 is 0 Å². The average molecular weight is 372 g/mol. The minimum atomic E-state index is -0.121. The van der Waals surface area contributed by atoms with Crippen molar-refractivity contribution in [3.05, 3.63) is 59.1 Å². The van der Waals surface area contributed by atoms with Gasteiger partial charge in [0, 0.05) is 35.4 Å². The fraction of sp³-hybridized carbons (Fsp3) is 0.300. The number of halogens is 1. The normalized spacial score (nSPS) is 15.2. The van der Waals surface area contributed by atoms with E-state index in [0.717, 1.165) is 24.2 Å². The van der Waals surface area contributed by atoms with Gasteiger partial charge in [0.2, 0.25) is 11.8 Å². The van der Waals surface area contributed by atoms with Gasteiger partial charge in [-0.1, -0.05) is 23.7 Å². The number of carbonyl (C=O) groups excluding carboxylic acids is 2. The predicted molar refractivity (Wildman–Crippen MR) is 105 cm³/mol. The fourth-order valence-electron chi connectivity index (χ4n) is 2.99. The fourth-order valence-corrected chi connectivity index (χ4v) is 3.19. The number of rotatable bonds is 6. The second-order valence-electron chi connectivity index (χ2n) is 6.40. The zero-order valence-electron chi connectivity index (χ0n) is 14.7. The molecule has 3 rings (SSSR count). The standard InChI is InChI=1S/C20H22ClN3O2/c1-14(15-4-2-5-16(21)12-15)22-13-19(25)23-17-7-9-18(10-8-17)24-11-3-6-20(24)26/h2,4-5,7-10,12,14,22H,3,6,11,13H2,1H3,(H,23,25)/t14-/m0/s1. The van der Waals surface area contributed by atoms with Crippen molar-refractivity contribution in [2.24, 2.45) is 0 Å². The van der Waals surface area contributed by atoms with Crippen LogP contribution in [0.4, 0.5) is 11.4 Å². The van der Waals surface area contributed by atoms with E-state index in [1.54, 1.807) is 4.90 Å². The van der Waals surface area contributed by atoms with Crippen LogP contribution in [0.25, 0.3) is 0 Å². The van der Waals surface area contributed by atoms with E-state index in [9.17, 15) is 9.59 Å². The van der Waals surface area contributed by atoms with E-state index < -0.39 is 0 Å². The molecule has 26 heavy (non-hydrogen) atoms. The Hall–Kier alpha value is -2.37. The summed E-state index contributed by atoms with van der Waals surface area (Å²) < 4.78 is 0. The zero-order valence-corrected chi connectivity index (χ0v) is 15.4. The molecular weight excluding hydrogens is 350 g/mol. The van der Waals surface area contributed by atoms with Crippen LogP contribution < -0.4 is 15.5 Å². The molecule has 1 fully saturated rings. The van der Waals surface area contributed by atoms with Gasteiger partial charge in [-0.25, -0.2) is 0 Å². The summed E-state index contributed by atoms with van der Waals surface area (Å²) >= 11 is 6.00. The summed E-state index contributed by atoms with van der Waals surface area (Å²) in [6, 6.07) is 14.9. The largest absolute Gasteiger partial charge is 0.325 e. The maximum atomic E-state index is 12.1. The first-order valence-corrected chi connectivity index (χ1v) is 9.10. The van der Waals surface area contributed by atoms with Gasteiger partial charge in [-0.05, 0) is 55.3 Å². The molecule has 1 aliphatic rings. The molecule has 0 aromatic heterocycles. The van der Waals surface area contributed by atoms with Gasteiger partial charge in [0.25, 0.3) is 0 Å². The molecule has 1 atom stereocenters. The van der Waals surface area contributed by atoms with Gasteiger partial charge in [-0.2, -0.15) is 0 Å². The van der Waals surface area contributed by atoms with E-state index in [0.29, 0.717) is 17.1 Å². The van der Waals surface area contributed by atoms with Gasteiger partial charge in [-0.15, -0.1) is 0 Å². The number of hydrogen-bond donors (Lipinski definition) is 2. The van der Waals surface area contributed by atoms with Gasteiger partial charge in [0.15, 0.2) is 0 Å². The van der Waals surface area contributed by atoms with Crippen LogP contribution in [-0.2, 0) is 9.59 Å². The van der Waals surface area contributed by atoms with Crippen LogP contribution in [0.5, 0.6) is 0 Å². The first-order valence-electron chi connectivity index (χ1n) is 8.72. The van der Waals surface area contributed by atoms with Crippen molar-refractivity contribution in [2.45, 2.75) is 25.8 Å². The maximum Gasteiger partial charge on any atom is 0.238 e. The van der Waals surface area contributed by atoms with Crippen LogP contribution in [0.2, 0.25) is 5.02 Å². The second kappa shape index (κ2) is 8.34. The molecule has 0 aliphatic carbocycles. The van der Waals surface area contributed by atoms with Crippen LogP contribution in [0, 0.1) is 0 Å².